The van der Waals surface area contributed by atoms with Gasteiger partial charge in [0.1, 0.15) is 0 Å². The molecule has 106 valence electrons. The van der Waals surface area contributed by atoms with E-state index in [1.54, 1.807) is 0 Å². The molecule has 0 aromatic carbocycles. The minimum Gasteiger partial charge on any atom is -0.302 e. The van der Waals surface area contributed by atoms with Crippen LogP contribution in [0.25, 0.3) is 0 Å². The highest BCUT2D eigenvalue weighted by Gasteiger charge is 2.21. The second kappa shape index (κ2) is 7.56. The SMILES string of the molecule is CC(CCCCCOS(C)(=O)=O)S(=O)(=O)OC#N. The van der Waals surface area contributed by atoms with Crippen molar-refractivity contribution in [2.24, 2.45) is 0 Å². The zero-order chi connectivity index (χ0) is 14.2. The van der Waals surface area contributed by atoms with Crippen molar-refractivity contribution in [2.75, 3.05) is 12.9 Å². The summed E-state index contributed by atoms with van der Waals surface area (Å²) in [5.41, 5.74) is 0. The first kappa shape index (κ1) is 17.2. The van der Waals surface area contributed by atoms with Crippen LogP contribution in [0.4, 0.5) is 0 Å². The Balaban J connectivity index is 3.77. The fourth-order valence-corrected chi connectivity index (χ4v) is 2.34. The van der Waals surface area contributed by atoms with E-state index in [0.29, 0.717) is 25.7 Å². The van der Waals surface area contributed by atoms with Gasteiger partial charge in [-0.05, 0) is 19.8 Å². The maximum Gasteiger partial charge on any atom is 0.321 e. The molecular formula is C9H17NO6S2. The van der Waals surface area contributed by atoms with E-state index in [1.807, 2.05) is 0 Å². The monoisotopic (exact) mass is 299 g/mol. The number of hydrogen-bond acceptors (Lipinski definition) is 7. The highest BCUT2D eigenvalue weighted by atomic mass is 32.2. The molecule has 18 heavy (non-hydrogen) atoms. The molecule has 0 heterocycles. The van der Waals surface area contributed by atoms with E-state index in [9.17, 15) is 16.8 Å². The Morgan fingerprint density at radius 2 is 1.78 bits per heavy atom. The molecule has 0 saturated carbocycles. The van der Waals surface area contributed by atoms with Crippen molar-refractivity contribution in [3.05, 3.63) is 0 Å². The summed E-state index contributed by atoms with van der Waals surface area (Å²) < 4.78 is 52.2. The summed E-state index contributed by atoms with van der Waals surface area (Å²) in [6, 6.07) is 0. The zero-order valence-corrected chi connectivity index (χ0v) is 12.0. The van der Waals surface area contributed by atoms with Gasteiger partial charge in [-0.25, -0.2) is 0 Å². The molecule has 0 aliphatic carbocycles. The number of rotatable bonds is 9. The molecule has 0 spiro atoms. The van der Waals surface area contributed by atoms with Crippen molar-refractivity contribution >= 4 is 20.2 Å². The van der Waals surface area contributed by atoms with Crippen molar-refractivity contribution in [1.29, 1.82) is 5.26 Å². The van der Waals surface area contributed by atoms with E-state index in [1.165, 1.54) is 6.92 Å². The van der Waals surface area contributed by atoms with Crippen LogP contribution in [0.1, 0.15) is 32.6 Å². The Morgan fingerprint density at radius 3 is 2.28 bits per heavy atom. The van der Waals surface area contributed by atoms with Crippen LogP contribution in [-0.4, -0.2) is 34.9 Å². The van der Waals surface area contributed by atoms with Gasteiger partial charge in [0, 0.05) is 0 Å². The molecule has 0 aliphatic rings. The van der Waals surface area contributed by atoms with Crippen molar-refractivity contribution in [2.45, 2.75) is 37.9 Å². The molecule has 7 nitrogen and oxygen atoms in total. The molecule has 0 fully saturated rings. The van der Waals surface area contributed by atoms with Crippen molar-refractivity contribution in [3.63, 3.8) is 0 Å². The standard InChI is InChI=1S/C9H17NO6S2/c1-9(18(13,14)16-8-10)6-4-3-5-7-15-17(2,11)12/h9H,3-7H2,1-2H3. The Kier molecular flexibility index (Phi) is 7.20. The third-order valence-corrected chi connectivity index (χ3v) is 4.32. The lowest BCUT2D eigenvalue weighted by Gasteiger charge is -2.09. The third-order valence-electron chi connectivity index (χ3n) is 2.20. The maximum atomic E-state index is 11.2. The van der Waals surface area contributed by atoms with Gasteiger partial charge in [0.15, 0.2) is 0 Å². The maximum absolute atomic E-state index is 11.2. The van der Waals surface area contributed by atoms with E-state index in [-0.39, 0.29) is 6.61 Å². The summed E-state index contributed by atoms with van der Waals surface area (Å²) in [6.07, 6.45) is 4.22. The predicted molar refractivity (Wildman–Crippen MR) is 64.3 cm³/mol. The minimum absolute atomic E-state index is 0.0919. The van der Waals surface area contributed by atoms with Crippen LogP contribution in [-0.2, 0) is 28.6 Å². The summed E-state index contributed by atoms with van der Waals surface area (Å²) in [5.74, 6) is 0. The zero-order valence-electron chi connectivity index (χ0n) is 10.3. The molecule has 0 N–H and O–H groups in total. The Labute approximate surface area is 108 Å². The van der Waals surface area contributed by atoms with Gasteiger partial charge in [-0.2, -0.15) is 16.8 Å². The van der Waals surface area contributed by atoms with Crippen LogP contribution in [0.5, 0.6) is 0 Å². The van der Waals surface area contributed by atoms with Gasteiger partial charge in [-0.15, -0.1) is 5.26 Å². The van der Waals surface area contributed by atoms with Crippen LogP contribution < -0.4 is 0 Å². The van der Waals surface area contributed by atoms with E-state index in [0.717, 1.165) is 12.5 Å². The number of nitrogens with zero attached hydrogens (tertiary/aromatic N) is 1. The molecular weight excluding hydrogens is 282 g/mol. The molecule has 1 atom stereocenters. The number of hydrogen-bond donors (Lipinski definition) is 0. The molecule has 1 unspecified atom stereocenters. The van der Waals surface area contributed by atoms with Crippen LogP contribution in [0.15, 0.2) is 0 Å². The second-order valence-corrected chi connectivity index (χ2v) is 7.45. The van der Waals surface area contributed by atoms with Gasteiger partial charge < -0.3 is 4.18 Å². The average Bonchev–Trinajstić information content (AvgIpc) is 2.21. The summed E-state index contributed by atoms with van der Waals surface area (Å²) in [7, 11) is -7.22. The predicted octanol–water partition coefficient (Wildman–Crippen LogP) is 0.739. The van der Waals surface area contributed by atoms with Gasteiger partial charge >= 0.3 is 16.4 Å². The van der Waals surface area contributed by atoms with Gasteiger partial charge in [-0.1, -0.05) is 12.8 Å². The van der Waals surface area contributed by atoms with Crippen LogP contribution in [0, 0.1) is 11.5 Å². The molecule has 0 aliphatic heterocycles. The van der Waals surface area contributed by atoms with E-state index in [4.69, 9.17) is 5.26 Å². The number of unbranched alkanes of at least 4 members (excludes halogenated alkanes) is 2. The van der Waals surface area contributed by atoms with Crippen LogP contribution in [0.3, 0.4) is 0 Å². The van der Waals surface area contributed by atoms with Crippen molar-refractivity contribution < 1.29 is 25.2 Å². The van der Waals surface area contributed by atoms with E-state index in [2.05, 4.69) is 8.37 Å². The lowest BCUT2D eigenvalue weighted by Crippen LogP contribution is -2.18. The fraction of sp³-hybridized carbons (Fsp3) is 0.889. The summed E-state index contributed by atoms with van der Waals surface area (Å²) in [4.78, 5) is 0. The fourth-order valence-electron chi connectivity index (χ4n) is 1.20. The highest BCUT2D eigenvalue weighted by Crippen LogP contribution is 2.12. The first-order valence-electron chi connectivity index (χ1n) is 5.35. The topological polar surface area (TPSA) is 111 Å². The van der Waals surface area contributed by atoms with E-state index < -0.39 is 25.5 Å². The molecule has 0 aromatic rings. The highest BCUT2D eigenvalue weighted by molar-refractivity contribution is 7.87. The molecule has 0 saturated heterocycles. The van der Waals surface area contributed by atoms with Gasteiger partial charge in [-0.3, -0.25) is 4.18 Å². The van der Waals surface area contributed by atoms with Gasteiger partial charge in [0.05, 0.1) is 18.1 Å². The lowest BCUT2D eigenvalue weighted by atomic mass is 10.2. The number of nitriles is 1. The quantitative estimate of drug-likeness (QED) is 0.350. The molecule has 0 amide bonds. The summed E-state index contributed by atoms with van der Waals surface area (Å²) in [5, 5.41) is 7.39. The second-order valence-electron chi connectivity index (χ2n) is 3.85. The van der Waals surface area contributed by atoms with Crippen LogP contribution >= 0.6 is 0 Å². The lowest BCUT2D eigenvalue weighted by molar-refractivity contribution is 0.309. The van der Waals surface area contributed by atoms with Crippen molar-refractivity contribution in [3.8, 4) is 6.26 Å². The molecule has 0 rings (SSSR count). The molecule has 9 heteroatoms. The molecule has 0 bridgehead atoms. The van der Waals surface area contributed by atoms with Gasteiger partial charge in [0.25, 0.3) is 10.1 Å². The molecule has 0 radical (unpaired) electrons. The summed E-state index contributed by atoms with van der Waals surface area (Å²) in [6.45, 7) is 1.55. The first-order chi connectivity index (χ1) is 8.19. The Hall–Kier alpha value is -0.850. The van der Waals surface area contributed by atoms with E-state index >= 15 is 0 Å². The Morgan fingerprint density at radius 1 is 1.17 bits per heavy atom. The Bertz CT molecular complexity index is 476. The molecule has 0 aromatic heterocycles. The van der Waals surface area contributed by atoms with Crippen molar-refractivity contribution in [1.82, 2.24) is 0 Å². The summed E-state index contributed by atoms with van der Waals surface area (Å²) >= 11 is 0. The third kappa shape index (κ3) is 8.27. The minimum atomic E-state index is -3.81. The van der Waals surface area contributed by atoms with Crippen LogP contribution in [0.2, 0.25) is 0 Å². The largest absolute Gasteiger partial charge is 0.321 e. The van der Waals surface area contributed by atoms with Gasteiger partial charge in [0.2, 0.25) is 0 Å². The average molecular weight is 299 g/mol. The smallest absolute Gasteiger partial charge is 0.302 e. The normalized spacial score (nSPS) is 13.8. The first-order valence-corrected chi connectivity index (χ1v) is 8.63.